The third-order valence-corrected chi connectivity index (χ3v) is 6.51. The molecular weight excluding hydrogens is 482 g/mol. The molecule has 1 aliphatic heterocycles. The number of benzene rings is 3. The van der Waals surface area contributed by atoms with Crippen LogP contribution in [0.2, 0.25) is 5.02 Å². The van der Waals surface area contributed by atoms with E-state index in [2.05, 4.69) is 0 Å². The van der Waals surface area contributed by atoms with E-state index in [-0.39, 0.29) is 17.9 Å². The van der Waals surface area contributed by atoms with Gasteiger partial charge in [-0.15, -0.1) is 0 Å². The van der Waals surface area contributed by atoms with Gasteiger partial charge in [0.2, 0.25) is 0 Å². The molecule has 1 saturated heterocycles. The highest BCUT2D eigenvalue weighted by molar-refractivity contribution is 6.46. The molecule has 1 amide bonds. The summed E-state index contributed by atoms with van der Waals surface area (Å²) >= 11 is 6.14. The van der Waals surface area contributed by atoms with E-state index < -0.39 is 17.7 Å². The van der Waals surface area contributed by atoms with Crippen molar-refractivity contribution in [1.82, 2.24) is 4.90 Å². The summed E-state index contributed by atoms with van der Waals surface area (Å²) in [6.45, 7) is 0.250. The van der Waals surface area contributed by atoms with Gasteiger partial charge in [-0.1, -0.05) is 41.9 Å². The van der Waals surface area contributed by atoms with Crippen LogP contribution >= 0.6 is 11.6 Å². The van der Waals surface area contributed by atoms with Crippen LogP contribution in [0.3, 0.4) is 0 Å². The average Bonchev–Trinajstić information content (AvgIpc) is 3.16. The van der Waals surface area contributed by atoms with E-state index in [1.807, 2.05) is 24.3 Å². The van der Waals surface area contributed by atoms with Crippen LogP contribution in [0.15, 0.2) is 72.3 Å². The second kappa shape index (κ2) is 10.7. The van der Waals surface area contributed by atoms with Gasteiger partial charge in [-0.05, 0) is 48.4 Å². The lowest BCUT2D eigenvalue weighted by molar-refractivity contribution is -0.139. The molecule has 0 radical (unpaired) electrons. The second-order valence-corrected chi connectivity index (χ2v) is 8.59. The van der Waals surface area contributed by atoms with Crippen LogP contribution < -0.4 is 14.2 Å². The van der Waals surface area contributed by atoms with Crippen LogP contribution in [0.4, 0.5) is 0 Å². The predicted molar refractivity (Wildman–Crippen MR) is 137 cm³/mol. The first-order valence-corrected chi connectivity index (χ1v) is 11.7. The number of methoxy groups -OCH3 is 3. The van der Waals surface area contributed by atoms with Gasteiger partial charge >= 0.3 is 0 Å². The molecule has 3 aromatic carbocycles. The molecule has 1 N–H and O–H groups in total. The highest BCUT2D eigenvalue weighted by Gasteiger charge is 2.46. The van der Waals surface area contributed by atoms with Gasteiger partial charge in [0.1, 0.15) is 23.0 Å². The Bertz CT molecular complexity index is 1320. The number of amides is 1. The number of nitrogens with zero attached hydrogens (tertiary/aromatic N) is 1. The topological polar surface area (TPSA) is 85.3 Å². The van der Waals surface area contributed by atoms with Crippen molar-refractivity contribution in [2.24, 2.45) is 0 Å². The number of carbonyl (C=O) groups excluding carboxylic acids is 2. The molecule has 3 aromatic rings. The first-order valence-electron chi connectivity index (χ1n) is 11.3. The first-order chi connectivity index (χ1) is 17.4. The molecule has 1 heterocycles. The monoisotopic (exact) mass is 507 g/mol. The number of para-hydroxylation sites is 1. The van der Waals surface area contributed by atoms with Gasteiger partial charge in [0, 0.05) is 17.7 Å². The van der Waals surface area contributed by atoms with Crippen molar-refractivity contribution in [3.05, 3.63) is 94.0 Å². The molecule has 1 unspecified atom stereocenters. The maximum Gasteiger partial charge on any atom is 0.295 e. The molecule has 4 rings (SSSR count). The molecule has 1 fully saturated rings. The van der Waals surface area contributed by atoms with Crippen molar-refractivity contribution in [2.45, 2.75) is 12.5 Å². The molecule has 1 aliphatic rings. The number of ketones is 1. The maximum absolute atomic E-state index is 13.3. The molecule has 1 atom stereocenters. The molecule has 186 valence electrons. The summed E-state index contributed by atoms with van der Waals surface area (Å²) < 4.78 is 16.0. The summed E-state index contributed by atoms with van der Waals surface area (Å²) in [6.07, 6.45) is 0.497. The number of aliphatic hydroxyl groups is 1. The largest absolute Gasteiger partial charge is 0.507 e. The number of ether oxygens (including phenoxy) is 3. The smallest absolute Gasteiger partial charge is 0.295 e. The van der Waals surface area contributed by atoms with Crippen LogP contribution in [0.5, 0.6) is 17.2 Å². The molecule has 0 bridgehead atoms. The van der Waals surface area contributed by atoms with Crippen LogP contribution in [0.1, 0.15) is 22.7 Å². The summed E-state index contributed by atoms with van der Waals surface area (Å²) in [5, 5.41) is 11.7. The zero-order valence-electron chi connectivity index (χ0n) is 20.2. The van der Waals surface area contributed by atoms with E-state index in [4.69, 9.17) is 25.8 Å². The number of aliphatic hydroxyl groups excluding tert-OH is 1. The Morgan fingerprint density at radius 2 is 1.61 bits per heavy atom. The fourth-order valence-electron chi connectivity index (χ4n) is 4.33. The highest BCUT2D eigenvalue weighted by Crippen LogP contribution is 2.43. The predicted octanol–water partition coefficient (Wildman–Crippen LogP) is 5.03. The summed E-state index contributed by atoms with van der Waals surface area (Å²) in [4.78, 5) is 28.0. The quantitative estimate of drug-likeness (QED) is 0.261. The molecule has 8 heteroatoms. The lowest BCUT2D eigenvalue weighted by Gasteiger charge is -2.26. The van der Waals surface area contributed by atoms with Crippen LogP contribution in [0.25, 0.3) is 5.76 Å². The number of hydrogen-bond donors (Lipinski definition) is 1. The number of carbonyl (C=O) groups is 2. The van der Waals surface area contributed by atoms with Crippen molar-refractivity contribution in [3.8, 4) is 17.2 Å². The maximum atomic E-state index is 13.3. The van der Waals surface area contributed by atoms with Gasteiger partial charge in [0.15, 0.2) is 0 Å². The minimum Gasteiger partial charge on any atom is -0.507 e. The lowest BCUT2D eigenvalue weighted by Crippen LogP contribution is -2.31. The van der Waals surface area contributed by atoms with E-state index in [1.54, 1.807) is 43.5 Å². The summed E-state index contributed by atoms with van der Waals surface area (Å²) in [5.74, 6) is -0.214. The van der Waals surface area contributed by atoms with Gasteiger partial charge in [0.05, 0.1) is 38.0 Å². The van der Waals surface area contributed by atoms with Gasteiger partial charge in [-0.3, -0.25) is 9.59 Å². The number of Topliss-reactive ketones (excluding diaryl/α,β-unsaturated/α-hetero) is 1. The summed E-state index contributed by atoms with van der Waals surface area (Å²) in [7, 11) is 4.57. The number of rotatable bonds is 8. The molecule has 7 nitrogen and oxygen atoms in total. The molecular formula is C28H26ClNO6. The van der Waals surface area contributed by atoms with Gasteiger partial charge in [-0.25, -0.2) is 0 Å². The van der Waals surface area contributed by atoms with Crippen LogP contribution in [-0.2, 0) is 16.0 Å². The Morgan fingerprint density at radius 3 is 2.28 bits per heavy atom. The van der Waals surface area contributed by atoms with E-state index >= 15 is 0 Å². The van der Waals surface area contributed by atoms with E-state index in [9.17, 15) is 14.7 Å². The Balaban J connectivity index is 1.80. The second-order valence-electron chi connectivity index (χ2n) is 8.18. The number of likely N-dealkylation sites (tertiary alicyclic amines) is 1. The molecule has 36 heavy (non-hydrogen) atoms. The molecule has 0 aromatic heterocycles. The number of hydrogen-bond acceptors (Lipinski definition) is 6. The van der Waals surface area contributed by atoms with Crippen molar-refractivity contribution in [1.29, 1.82) is 0 Å². The van der Waals surface area contributed by atoms with Crippen molar-refractivity contribution in [2.75, 3.05) is 27.9 Å². The Labute approximate surface area is 214 Å². The third-order valence-electron chi connectivity index (χ3n) is 6.20. The molecule has 0 saturated carbocycles. The van der Waals surface area contributed by atoms with E-state index in [0.717, 1.165) is 11.3 Å². The first kappa shape index (κ1) is 25.1. The fraction of sp³-hybridized carbons (Fsp3) is 0.214. The van der Waals surface area contributed by atoms with Crippen molar-refractivity contribution >= 4 is 29.1 Å². The third kappa shape index (κ3) is 4.75. The average molecular weight is 508 g/mol. The van der Waals surface area contributed by atoms with Crippen molar-refractivity contribution < 1.29 is 28.9 Å². The fourth-order valence-corrected chi connectivity index (χ4v) is 4.53. The van der Waals surface area contributed by atoms with Gasteiger partial charge in [-0.2, -0.15) is 0 Å². The van der Waals surface area contributed by atoms with E-state index in [1.165, 1.54) is 25.2 Å². The zero-order chi connectivity index (χ0) is 25.8. The van der Waals surface area contributed by atoms with Crippen LogP contribution in [-0.4, -0.2) is 49.6 Å². The lowest BCUT2D eigenvalue weighted by atomic mass is 9.94. The highest BCUT2D eigenvalue weighted by atomic mass is 35.5. The Hall–Kier alpha value is -3.97. The Morgan fingerprint density at radius 1 is 0.917 bits per heavy atom. The molecule has 0 spiro atoms. The van der Waals surface area contributed by atoms with Crippen molar-refractivity contribution in [3.63, 3.8) is 0 Å². The van der Waals surface area contributed by atoms with Gasteiger partial charge in [0.25, 0.3) is 11.7 Å². The SMILES string of the molecule is COc1ccc(CCN2C(=O)C(=O)/C(=C(/O)c3ccc(Cl)c(OC)c3)C2c2ccccc2OC)cc1. The summed E-state index contributed by atoms with van der Waals surface area (Å²) in [6, 6.07) is 18.5. The minimum absolute atomic E-state index is 0.0244. The Kier molecular flexibility index (Phi) is 7.50. The zero-order valence-corrected chi connectivity index (χ0v) is 20.9. The standard InChI is InChI=1S/C28H26ClNO6/c1-34-19-11-8-17(9-12-19)14-15-30-25(20-6-4-5-7-22(20)35-2)24(27(32)28(30)33)26(31)18-10-13-21(29)23(16-18)36-3/h4-13,16,25,31H,14-15H2,1-3H3/b26-24+. The van der Waals surface area contributed by atoms with Crippen LogP contribution in [0, 0.1) is 0 Å². The number of halogens is 1. The van der Waals surface area contributed by atoms with Gasteiger partial charge < -0.3 is 24.2 Å². The molecule has 0 aliphatic carbocycles. The summed E-state index contributed by atoms with van der Waals surface area (Å²) in [5.41, 5.74) is 1.85. The van der Waals surface area contributed by atoms with E-state index in [0.29, 0.717) is 34.1 Å². The minimum atomic E-state index is -0.846. The normalized spacial score (nSPS) is 16.8.